The van der Waals surface area contributed by atoms with Gasteiger partial charge in [-0.15, -0.1) is 13.2 Å². The smallest absolute Gasteiger partial charge is 0.457 e. The fourth-order valence-corrected chi connectivity index (χ4v) is 10.3. The molecule has 334 valence electrons. The molecule has 1 spiro atoms. The minimum Gasteiger partial charge on any atom is -0.457 e. The minimum absolute atomic E-state index is 0.0469. The average molecular weight is 917 g/mol. The van der Waals surface area contributed by atoms with Gasteiger partial charge < -0.3 is 9.47 Å². The number of hydrogen-bond acceptors (Lipinski definition) is 4. The predicted octanol–water partition coefficient (Wildman–Crippen LogP) is 16.4. The maximum Gasteiger partial charge on any atom is 0.573 e. The van der Waals surface area contributed by atoms with Crippen LogP contribution in [0.1, 0.15) is 27.8 Å². The molecule has 1 unspecified atom stereocenters. The zero-order chi connectivity index (χ0) is 47.1. The van der Waals surface area contributed by atoms with E-state index in [1.807, 2.05) is 109 Å². The van der Waals surface area contributed by atoms with Crippen molar-refractivity contribution in [1.82, 2.24) is 9.97 Å². The Morgan fingerprint density at radius 1 is 0.420 bits per heavy atom. The van der Waals surface area contributed by atoms with E-state index < -0.39 is 23.5 Å². The Morgan fingerprint density at radius 2 is 1.04 bits per heavy atom. The predicted molar refractivity (Wildman–Crippen MR) is 256 cm³/mol. The van der Waals surface area contributed by atoms with Gasteiger partial charge in [0.1, 0.15) is 17.2 Å². The third kappa shape index (κ3) is 7.01. The average Bonchev–Trinajstić information content (AvgIpc) is 3.65. The highest BCUT2D eigenvalue weighted by atomic mass is 19.4. The maximum absolute atomic E-state index is 15.4. The van der Waals surface area contributed by atoms with Gasteiger partial charge in [-0.25, -0.2) is 9.97 Å². The van der Waals surface area contributed by atoms with Crippen LogP contribution in [-0.4, -0.2) is 16.3 Å². The summed E-state index contributed by atoms with van der Waals surface area (Å²) in [6.45, 7) is 0. The standard InChI is InChI=1S/C59H34F6N2O2/c60-58(61,62)48-22-11-21-47-55(48)45-30-26-39(33-49(45)57(47)46-20-8-9-23-53(46)68-54-31-27-38(32-50(54)57)35-24-28-40(29-25-35)69-59(63,64)65)51-34-52(67-56(66-51)37-13-2-1-3-14-37)44-18-7-6-17-43(44)42-19-10-15-36-12-4-5-16-41(36)42/h1-34H. The Morgan fingerprint density at radius 3 is 1.86 bits per heavy atom. The van der Waals surface area contributed by atoms with Crippen LogP contribution in [0.3, 0.4) is 0 Å². The molecule has 0 N–H and O–H groups in total. The molecule has 1 aliphatic heterocycles. The summed E-state index contributed by atoms with van der Waals surface area (Å²) >= 11 is 0. The van der Waals surface area contributed by atoms with Crippen molar-refractivity contribution in [3.8, 4) is 84.5 Å². The van der Waals surface area contributed by atoms with Gasteiger partial charge in [0.05, 0.1) is 22.4 Å². The molecule has 1 aliphatic carbocycles. The van der Waals surface area contributed by atoms with Gasteiger partial charge in [-0.2, -0.15) is 13.2 Å². The molecule has 2 aliphatic rings. The van der Waals surface area contributed by atoms with Gasteiger partial charge in [0, 0.05) is 27.8 Å². The van der Waals surface area contributed by atoms with Crippen LogP contribution in [0.5, 0.6) is 17.2 Å². The van der Waals surface area contributed by atoms with Crippen molar-refractivity contribution in [2.24, 2.45) is 0 Å². The molecule has 1 aromatic heterocycles. The van der Waals surface area contributed by atoms with Crippen LogP contribution in [0.2, 0.25) is 0 Å². The number of alkyl halides is 6. The van der Waals surface area contributed by atoms with Crippen LogP contribution in [0.4, 0.5) is 26.3 Å². The molecule has 0 saturated heterocycles. The fourth-order valence-electron chi connectivity index (χ4n) is 10.3. The van der Waals surface area contributed by atoms with Crippen molar-refractivity contribution >= 4 is 10.8 Å². The van der Waals surface area contributed by atoms with Gasteiger partial charge in [0.2, 0.25) is 0 Å². The summed E-state index contributed by atoms with van der Waals surface area (Å²) < 4.78 is 96.3. The van der Waals surface area contributed by atoms with E-state index in [1.54, 1.807) is 30.3 Å². The topological polar surface area (TPSA) is 44.2 Å². The molecule has 1 atom stereocenters. The highest BCUT2D eigenvalue weighted by Crippen LogP contribution is 2.64. The molecular formula is C59H34F6N2O2. The molecule has 69 heavy (non-hydrogen) atoms. The highest BCUT2D eigenvalue weighted by molar-refractivity contribution is 6.00. The van der Waals surface area contributed by atoms with Crippen molar-refractivity contribution < 1.29 is 35.8 Å². The Hall–Kier alpha value is -8.50. The lowest BCUT2D eigenvalue weighted by molar-refractivity contribution is -0.274. The van der Waals surface area contributed by atoms with Crippen molar-refractivity contribution in [3.63, 3.8) is 0 Å². The van der Waals surface area contributed by atoms with Gasteiger partial charge in [0.25, 0.3) is 0 Å². The van der Waals surface area contributed by atoms with Crippen molar-refractivity contribution in [2.45, 2.75) is 18.0 Å². The van der Waals surface area contributed by atoms with Gasteiger partial charge >= 0.3 is 12.5 Å². The Bertz CT molecular complexity index is 3660. The molecule has 10 heteroatoms. The minimum atomic E-state index is -4.87. The second-order valence-electron chi connectivity index (χ2n) is 17.0. The molecule has 0 fully saturated rings. The summed E-state index contributed by atoms with van der Waals surface area (Å²) in [6, 6.07) is 62.1. The second-order valence-corrected chi connectivity index (χ2v) is 17.0. The van der Waals surface area contributed by atoms with E-state index in [2.05, 4.69) is 35.1 Å². The summed E-state index contributed by atoms with van der Waals surface area (Å²) in [6.07, 6.45) is -9.59. The number of aromatic nitrogens is 2. The Kier molecular flexibility index (Phi) is 9.60. The summed E-state index contributed by atoms with van der Waals surface area (Å²) in [5, 5.41) is 2.18. The number of ether oxygens (including phenoxy) is 2. The molecule has 12 rings (SSSR count). The second kappa shape index (κ2) is 15.8. The van der Waals surface area contributed by atoms with Crippen molar-refractivity contribution in [2.75, 3.05) is 0 Å². The number of halogens is 6. The van der Waals surface area contributed by atoms with Crippen LogP contribution in [0.25, 0.3) is 78.1 Å². The van der Waals surface area contributed by atoms with E-state index in [-0.39, 0.29) is 11.3 Å². The molecular weight excluding hydrogens is 883 g/mol. The van der Waals surface area contributed by atoms with E-state index in [9.17, 15) is 13.2 Å². The number of nitrogens with zero attached hydrogens (tertiary/aromatic N) is 2. The van der Waals surface area contributed by atoms with E-state index in [1.165, 1.54) is 30.3 Å². The van der Waals surface area contributed by atoms with Crippen LogP contribution in [0, 0.1) is 0 Å². The normalized spacial score (nSPS) is 14.7. The molecule has 9 aromatic carbocycles. The fraction of sp³-hybridized carbons (Fsp3) is 0.0508. The van der Waals surface area contributed by atoms with Gasteiger partial charge in [-0.1, -0.05) is 158 Å². The largest absolute Gasteiger partial charge is 0.573 e. The SMILES string of the molecule is FC(F)(F)Oc1ccc(-c2ccc3c(c2)C2(c4ccccc4O3)c3cc(-c4cc(-c5ccccc5-c5cccc6ccccc56)nc(-c5ccccc5)n4)ccc3-c3c(C(F)(F)F)cccc32)cc1. The third-order valence-electron chi connectivity index (χ3n) is 13.1. The zero-order valence-corrected chi connectivity index (χ0v) is 36.1. The molecule has 10 aromatic rings. The van der Waals surface area contributed by atoms with Gasteiger partial charge in [-0.05, 0) is 104 Å². The first-order valence-corrected chi connectivity index (χ1v) is 22.1. The lowest BCUT2D eigenvalue weighted by atomic mass is 9.65. The molecule has 0 saturated carbocycles. The number of fused-ring (bicyclic) bond motifs is 10. The van der Waals surface area contributed by atoms with Crippen molar-refractivity contribution in [1.29, 1.82) is 0 Å². The number of hydrogen-bond donors (Lipinski definition) is 0. The number of rotatable bonds is 6. The highest BCUT2D eigenvalue weighted by Gasteiger charge is 2.53. The molecule has 0 amide bonds. The number of benzene rings is 9. The molecule has 0 bridgehead atoms. The zero-order valence-electron chi connectivity index (χ0n) is 36.1. The first-order chi connectivity index (χ1) is 33.4. The summed E-state index contributed by atoms with van der Waals surface area (Å²) in [4.78, 5) is 10.4. The lowest BCUT2D eigenvalue weighted by Crippen LogP contribution is -2.32. The Balaban J connectivity index is 1.11. The summed E-state index contributed by atoms with van der Waals surface area (Å²) in [5.41, 5.74) is 7.09. The summed E-state index contributed by atoms with van der Waals surface area (Å²) in [7, 11) is 0. The van der Waals surface area contributed by atoms with E-state index in [0.717, 1.165) is 39.1 Å². The van der Waals surface area contributed by atoms with Crippen molar-refractivity contribution in [3.05, 3.63) is 234 Å². The lowest BCUT2D eigenvalue weighted by Gasteiger charge is -2.39. The van der Waals surface area contributed by atoms with E-state index in [4.69, 9.17) is 14.7 Å². The first-order valence-electron chi connectivity index (χ1n) is 22.1. The van der Waals surface area contributed by atoms with Crippen LogP contribution in [0.15, 0.2) is 206 Å². The molecule has 0 radical (unpaired) electrons. The number of para-hydroxylation sites is 1. The third-order valence-corrected chi connectivity index (χ3v) is 13.1. The van der Waals surface area contributed by atoms with Crippen LogP contribution in [-0.2, 0) is 11.6 Å². The maximum atomic E-state index is 15.4. The van der Waals surface area contributed by atoms with Crippen LogP contribution < -0.4 is 9.47 Å². The van der Waals surface area contributed by atoms with Gasteiger partial charge in [-0.3, -0.25) is 0 Å². The molecule has 2 heterocycles. The van der Waals surface area contributed by atoms with Crippen LogP contribution >= 0.6 is 0 Å². The Labute approximate surface area is 391 Å². The van der Waals surface area contributed by atoms with E-state index in [0.29, 0.717) is 73.2 Å². The quantitative estimate of drug-likeness (QED) is 0.156. The summed E-state index contributed by atoms with van der Waals surface area (Å²) in [5.74, 6) is 0.960. The van der Waals surface area contributed by atoms with E-state index >= 15 is 13.2 Å². The monoisotopic (exact) mass is 916 g/mol. The van der Waals surface area contributed by atoms with Gasteiger partial charge in [0.15, 0.2) is 5.82 Å². The molecule has 4 nitrogen and oxygen atoms in total. The first kappa shape index (κ1) is 41.9.